The van der Waals surface area contributed by atoms with Gasteiger partial charge in [0.25, 0.3) is 5.91 Å². The number of amides is 2. The Morgan fingerprint density at radius 1 is 1.16 bits per heavy atom. The molecular weight excluding hydrogens is 426 g/mol. The van der Waals surface area contributed by atoms with E-state index < -0.39 is 0 Å². The largest absolute Gasteiger partial charge is 0.345 e. The van der Waals surface area contributed by atoms with Crippen LogP contribution in [0, 0.1) is 12.8 Å². The van der Waals surface area contributed by atoms with Crippen molar-refractivity contribution in [3.05, 3.63) is 75.7 Å². The highest BCUT2D eigenvalue weighted by atomic mass is 32.2. The Kier molecular flexibility index (Phi) is 6.73. The number of aromatic nitrogens is 1. The fraction of sp³-hybridized carbons (Fsp3) is 0.292. The van der Waals surface area contributed by atoms with Crippen LogP contribution in [0.1, 0.15) is 52.4 Å². The van der Waals surface area contributed by atoms with Crippen molar-refractivity contribution < 1.29 is 9.59 Å². The van der Waals surface area contributed by atoms with Gasteiger partial charge in [0.1, 0.15) is 0 Å². The number of hydrogen-bond donors (Lipinski definition) is 2. The predicted octanol–water partition coefficient (Wildman–Crippen LogP) is 5.58. The number of nitrogens with one attached hydrogen (secondary N) is 2. The summed E-state index contributed by atoms with van der Waals surface area (Å²) >= 11 is 3.26. The van der Waals surface area contributed by atoms with Crippen LogP contribution >= 0.6 is 23.1 Å². The second-order valence-electron chi connectivity index (χ2n) is 7.72. The van der Waals surface area contributed by atoms with Gasteiger partial charge in [-0.1, -0.05) is 24.3 Å². The van der Waals surface area contributed by atoms with Gasteiger partial charge < -0.3 is 10.6 Å². The predicted molar refractivity (Wildman–Crippen MR) is 127 cm³/mol. The van der Waals surface area contributed by atoms with Crippen molar-refractivity contribution in [3.8, 4) is 0 Å². The SMILES string of the molecule is Cc1nc(CSc2ccccc2C(=O)NC(C)c2ccc(NC(=O)C3CC3)cc2)cs1. The smallest absolute Gasteiger partial charge is 0.252 e. The number of thioether (sulfide) groups is 1. The van der Waals surface area contributed by atoms with E-state index in [1.54, 1.807) is 23.1 Å². The Morgan fingerprint density at radius 2 is 1.90 bits per heavy atom. The summed E-state index contributed by atoms with van der Waals surface area (Å²) in [5, 5.41) is 9.14. The Hall–Kier alpha value is -2.64. The molecule has 1 heterocycles. The molecule has 31 heavy (non-hydrogen) atoms. The molecule has 160 valence electrons. The van der Waals surface area contributed by atoms with E-state index in [1.807, 2.05) is 62.4 Å². The van der Waals surface area contributed by atoms with Gasteiger partial charge in [-0.3, -0.25) is 9.59 Å². The van der Waals surface area contributed by atoms with E-state index in [1.165, 1.54) is 0 Å². The Balaban J connectivity index is 1.37. The minimum absolute atomic E-state index is 0.0935. The molecule has 0 radical (unpaired) electrons. The fourth-order valence-electron chi connectivity index (χ4n) is 3.21. The number of anilines is 1. The van der Waals surface area contributed by atoms with Crippen LogP contribution in [-0.4, -0.2) is 16.8 Å². The van der Waals surface area contributed by atoms with Gasteiger partial charge >= 0.3 is 0 Å². The highest BCUT2D eigenvalue weighted by Crippen LogP contribution is 2.30. The Bertz CT molecular complexity index is 1070. The monoisotopic (exact) mass is 451 g/mol. The lowest BCUT2D eigenvalue weighted by Gasteiger charge is -2.16. The zero-order chi connectivity index (χ0) is 21.8. The van der Waals surface area contributed by atoms with Crippen molar-refractivity contribution in [1.29, 1.82) is 0 Å². The molecule has 2 N–H and O–H groups in total. The number of benzene rings is 2. The van der Waals surface area contributed by atoms with Gasteiger partial charge in [0.15, 0.2) is 0 Å². The van der Waals surface area contributed by atoms with Gasteiger partial charge in [-0.25, -0.2) is 4.98 Å². The van der Waals surface area contributed by atoms with Crippen LogP contribution in [0.2, 0.25) is 0 Å². The van der Waals surface area contributed by atoms with E-state index in [-0.39, 0.29) is 23.8 Å². The molecule has 3 aromatic rings. The molecule has 2 amide bonds. The van der Waals surface area contributed by atoms with Crippen LogP contribution < -0.4 is 10.6 Å². The average molecular weight is 452 g/mol. The summed E-state index contributed by atoms with van der Waals surface area (Å²) in [5.74, 6) is 0.903. The molecule has 0 saturated heterocycles. The summed E-state index contributed by atoms with van der Waals surface area (Å²) in [7, 11) is 0. The van der Waals surface area contributed by atoms with Crippen molar-refractivity contribution in [1.82, 2.24) is 10.3 Å². The highest BCUT2D eigenvalue weighted by Gasteiger charge is 2.29. The second kappa shape index (κ2) is 9.66. The highest BCUT2D eigenvalue weighted by molar-refractivity contribution is 7.98. The third-order valence-electron chi connectivity index (χ3n) is 5.15. The molecule has 0 spiro atoms. The lowest BCUT2D eigenvalue weighted by atomic mass is 10.1. The molecule has 1 aliphatic rings. The Labute approximate surface area is 190 Å². The van der Waals surface area contributed by atoms with Crippen LogP contribution in [0.3, 0.4) is 0 Å². The quantitative estimate of drug-likeness (QED) is 0.438. The normalized spacial score (nSPS) is 14.1. The number of carbonyl (C=O) groups is 2. The van der Waals surface area contributed by atoms with Gasteiger partial charge in [-0.15, -0.1) is 23.1 Å². The number of hydrogen-bond acceptors (Lipinski definition) is 5. The number of carbonyl (C=O) groups excluding carboxylic acids is 2. The molecule has 1 unspecified atom stereocenters. The van der Waals surface area contributed by atoms with Crippen molar-refractivity contribution in [2.45, 2.75) is 43.4 Å². The van der Waals surface area contributed by atoms with Crippen LogP contribution in [0.4, 0.5) is 5.69 Å². The first-order valence-corrected chi connectivity index (χ1v) is 12.2. The molecule has 4 rings (SSSR count). The first-order chi connectivity index (χ1) is 15.0. The van der Waals surface area contributed by atoms with E-state index in [4.69, 9.17) is 0 Å². The van der Waals surface area contributed by atoms with Gasteiger partial charge in [0.2, 0.25) is 5.91 Å². The molecule has 5 nitrogen and oxygen atoms in total. The lowest BCUT2D eigenvalue weighted by molar-refractivity contribution is -0.117. The molecule has 1 aliphatic carbocycles. The van der Waals surface area contributed by atoms with Gasteiger partial charge in [-0.05, 0) is 56.5 Å². The minimum Gasteiger partial charge on any atom is -0.345 e. The maximum atomic E-state index is 13.0. The molecule has 7 heteroatoms. The van der Waals surface area contributed by atoms with Crippen LogP contribution in [0.15, 0.2) is 58.8 Å². The lowest BCUT2D eigenvalue weighted by Crippen LogP contribution is -2.27. The van der Waals surface area contributed by atoms with E-state index in [0.29, 0.717) is 5.56 Å². The first kappa shape index (κ1) is 21.6. The van der Waals surface area contributed by atoms with Crippen molar-refractivity contribution in [2.24, 2.45) is 5.92 Å². The van der Waals surface area contributed by atoms with E-state index in [0.717, 1.165) is 45.4 Å². The van der Waals surface area contributed by atoms with Gasteiger partial charge in [0.05, 0.1) is 22.3 Å². The van der Waals surface area contributed by atoms with Crippen molar-refractivity contribution >= 4 is 40.6 Å². The summed E-state index contributed by atoms with van der Waals surface area (Å²) in [6.45, 7) is 3.96. The topological polar surface area (TPSA) is 71.1 Å². The van der Waals surface area contributed by atoms with E-state index in [2.05, 4.69) is 21.0 Å². The summed E-state index contributed by atoms with van der Waals surface area (Å²) < 4.78 is 0. The van der Waals surface area contributed by atoms with Crippen LogP contribution in [-0.2, 0) is 10.5 Å². The minimum atomic E-state index is -0.153. The molecule has 2 aromatic carbocycles. The molecule has 0 aliphatic heterocycles. The zero-order valence-corrected chi connectivity index (χ0v) is 19.2. The number of aryl methyl sites for hydroxylation is 1. The van der Waals surface area contributed by atoms with Crippen LogP contribution in [0.5, 0.6) is 0 Å². The third kappa shape index (κ3) is 5.74. The number of thiazole rings is 1. The molecular formula is C24H25N3O2S2. The van der Waals surface area contributed by atoms with Gasteiger partial charge in [-0.2, -0.15) is 0 Å². The number of nitrogens with zero attached hydrogens (tertiary/aromatic N) is 1. The summed E-state index contributed by atoms with van der Waals surface area (Å²) in [6.07, 6.45) is 1.96. The van der Waals surface area contributed by atoms with Crippen LogP contribution in [0.25, 0.3) is 0 Å². The molecule has 1 fully saturated rings. The molecule has 1 atom stereocenters. The Morgan fingerprint density at radius 3 is 2.58 bits per heavy atom. The molecule has 0 bridgehead atoms. The van der Waals surface area contributed by atoms with Gasteiger partial charge in [0, 0.05) is 27.6 Å². The summed E-state index contributed by atoms with van der Waals surface area (Å²) in [5.41, 5.74) is 3.48. The van der Waals surface area contributed by atoms with E-state index >= 15 is 0 Å². The maximum Gasteiger partial charge on any atom is 0.252 e. The standard InChI is InChI=1S/C24H25N3O2S2/c1-15(17-9-11-19(12-10-17)27-23(28)18-7-8-18)25-24(29)21-5-3-4-6-22(21)31-14-20-13-30-16(2)26-20/h3-6,9-13,15,18H,7-8,14H2,1-2H3,(H,25,29)(H,27,28). The zero-order valence-electron chi connectivity index (χ0n) is 17.6. The second-order valence-corrected chi connectivity index (χ2v) is 9.80. The molecule has 1 aromatic heterocycles. The number of rotatable bonds is 8. The first-order valence-electron chi connectivity index (χ1n) is 10.3. The van der Waals surface area contributed by atoms with Crippen molar-refractivity contribution in [2.75, 3.05) is 5.32 Å². The third-order valence-corrected chi connectivity index (χ3v) is 7.08. The van der Waals surface area contributed by atoms with Crippen molar-refractivity contribution in [3.63, 3.8) is 0 Å². The summed E-state index contributed by atoms with van der Waals surface area (Å²) in [4.78, 5) is 30.3. The average Bonchev–Trinajstić information content (AvgIpc) is 3.54. The molecule has 1 saturated carbocycles. The maximum absolute atomic E-state index is 13.0. The summed E-state index contributed by atoms with van der Waals surface area (Å²) in [6, 6.07) is 15.2. The fourth-order valence-corrected chi connectivity index (χ4v) is 4.87. The van der Waals surface area contributed by atoms with E-state index in [9.17, 15) is 9.59 Å².